The van der Waals surface area contributed by atoms with Gasteiger partial charge in [-0.05, 0) is 37.8 Å². The molecule has 7 nitrogen and oxygen atoms in total. The molecule has 1 saturated heterocycles. The predicted molar refractivity (Wildman–Crippen MR) is 96.3 cm³/mol. The molecule has 0 atom stereocenters. The molecule has 7 heteroatoms. The van der Waals surface area contributed by atoms with Crippen molar-refractivity contribution < 1.29 is 24.2 Å². The number of amides is 1. The normalized spacial score (nSPS) is 23.3. The van der Waals surface area contributed by atoms with E-state index in [9.17, 15) is 9.59 Å². The molecular weight excluding hydrogens is 336 g/mol. The monoisotopic (exact) mass is 362 g/mol. The number of carboxylic acids is 1. The first-order valence-electron chi connectivity index (χ1n) is 9.20. The zero-order chi connectivity index (χ0) is 18.4. The highest BCUT2D eigenvalue weighted by atomic mass is 16.5. The lowest BCUT2D eigenvalue weighted by atomic mass is 9.86. The maximum absolute atomic E-state index is 12.2. The van der Waals surface area contributed by atoms with Gasteiger partial charge in [0.05, 0.1) is 24.8 Å². The number of carbonyl (C=O) groups is 2. The molecule has 0 aromatic heterocycles. The largest absolute Gasteiger partial charge is 0.482 e. The van der Waals surface area contributed by atoms with Gasteiger partial charge in [0.15, 0.2) is 6.61 Å². The van der Waals surface area contributed by atoms with Crippen LogP contribution in [0.2, 0.25) is 0 Å². The van der Waals surface area contributed by atoms with E-state index in [-0.39, 0.29) is 24.5 Å². The zero-order valence-corrected chi connectivity index (χ0v) is 14.9. The topological polar surface area (TPSA) is 88.1 Å². The first-order chi connectivity index (χ1) is 12.6. The summed E-state index contributed by atoms with van der Waals surface area (Å²) in [5, 5.41) is 12.6. The van der Waals surface area contributed by atoms with Crippen molar-refractivity contribution in [3.63, 3.8) is 0 Å². The summed E-state index contributed by atoms with van der Waals surface area (Å²) in [7, 11) is 0. The average molecular weight is 362 g/mol. The van der Waals surface area contributed by atoms with Crippen LogP contribution in [0.5, 0.6) is 5.75 Å². The Morgan fingerprint density at radius 3 is 2.54 bits per heavy atom. The van der Waals surface area contributed by atoms with Crippen molar-refractivity contribution in [1.82, 2.24) is 4.90 Å². The third-order valence-corrected chi connectivity index (χ3v) is 5.04. The van der Waals surface area contributed by atoms with Crippen molar-refractivity contribution in [2.45, 2.75) is 31.7 Å². The summed E-state index contributed by atoms with van der Waals surface area (Å²) in [5.74, 6) is -0.320. The Hall–Kier alpha value is -2.28. The third kappa shape index (κ3) is 4.88. The second-order valence-electron chi connectivity index (χ2n) is 6.81. The second kappa shape index (κ2) is 8.89. The van der Waals surface area contributed by atoms with Gasteiger partial charge in [-0.3, -0.25) is 9.59 Å². The van der Waals surface area contributed by atoms with Gasteiger partial charge in [-0.1, -0.05) is 12.1 Å². The quantitative estimate of drug-likeness (QED) is 0.805. The number of para-hydroxylation sites is 2. The molecule has 0 radical (unpaired) electrons. The number of carbonyl (C=O) groups excluding carboxylic acids is 1. The lowest BCUT2D eigenvalue weighted by Crippen LogP contribution is -2.43. The van der Waals surface area contributed by atoms with E-state index in [2.05, 4.69) is 5.32 Å². The molecule has 1 heterocycles. The van der Waals surface area contributed by atoms with Crippen molar-refractivity contribution in [1.29, 1.82) is 0 Å². The van der Waals surface area contributed by atoms with Crippen LogP contribution in [0, 0.1) is 5.92 Å². The molecule has 1 saturated carbocycles. The van der Waals surface area contributed by atoms with Crippen LogP contribution in [-0.4, -0.2) is 60.8 Å². The summed E-state index contributed by atoms with van der Waals surface area (Å²) in [6.45, 7) is 2.36. The number of aliphatic carboxylic acids is 1. The molecule has 0 bridgehead atoms. The highest BCUT2D eigenvalue weighted by molar-refractivity contribution is 5.78. The van der Waals surface area contributed by atoms with Crippen LogP contribution < -0.4 is 10.1 Å². The molecule has 1 amide bonds. The molecular formula is C19H26N2O5. The van der Waals surface area contributed by atoms with Gasteiger partial charge in [-0.15, -0.1) is 0 Å². The molecule has 1 aromatic rings. The minimum atomic E-state index is -0.700. The first-order valence-corrected chi connectivity index (χ1v) is 9.20. The van der Waals surface area contributed by atoms with Gasteiger partial charge < -0.3 is 24.8 Å². The third-order valence-electron chi connectivity index (χ3n) is 5.04. The highest BCUT2D eigenvalue weighted by Gasteiger charge is 2.26. The molecule has 2 aliphatic rings. The number of nitrogens with zero attached hydrogens (tertiary/aromatic N) is 1. The lowest BCUT2D eigenvalue weighted by Gasteiger charge is -2.29. The van der Waals surface area contributed by atoms with E-state index < -0.39 is 5.97 Å². The Labute approximate surface area is 153 Å². The van der Waals surface area contributed by atoms with Crippen molar-refractivity contribution in [3.05, 3.63) is 24.3 Å². The zero-order valence-electron chi connectivity index (χ0n) is 14.9. The maximum Gasteiger partial charge on any atom is 0.306 e. The molecule has 1 aliphatic carbocycles. The number of benzene rings is 1. The molecule has 1 aromatic carbocycles. The predicted octanol–water partition coefficient (Wildman–Crippen LogP) is 1.98. The lowest BCUT2D eigenvalue weighted by molar-refractivity contribution is -0.142. The first kappa shape index (κ1) is 18.5. The number of carboxylic acid groups (broad SMARTS) is 1. The van der Waals surface area contributed by atoms with Crippen LogP contribution in [0.4, 0.5) is 5.69 Å². The van der Waals surface area contributed by atoms with Crippen molar-refractivity contribution in [2.24, 2.45) is 5.92 Å². The van der Waals surface area contributed by atoms with Crippen molar-refractivity contribution in [2.75, 3.05) is 38.2 Å². The fourth-order valence-electron chi connectivity index (χ4n) is 3.46. The summed E-state index contributed by atoms with van der Waals surface area (Å²) in [6.07, 6.45) is 3.01. The Kier molecular flexibility index (Phi) is 6.33. The van der Waals surface area contributed by atoms with E-state index >= 15 is 0 Å². The van der Waals surface area contributed by atoms with Crippen LogP contribution in [0.1, 0.15) is 25.7 Å². The Balaban J connectivity index is 1.53. The van der Waals surface area contributed by atoms with E-state index in [0.717, 1.165) is 18.5 Å². The van der Waals surface area contributed by atoms with E-state index in [1.165, 1.54) is 0 Å². The van der Waals surface area contributed by atoms with Crippen LogP contribution in [-0.2, 0) is 14.3 Å². The number of ether oxygens (including phenoxy) is 2. The number of rotatable bonds is 6. The summed E-state index contributed by atoms with van der Waals surface area (Å²) in [4.78, 5) is 25.1. The minimum absolute atomic E-state index is 0.00441. The van der Waals surface area contributed by atoms with Crippen LogP contribution >= 0.6 is 0 Å². The van der Waals surface area contributed by atoms with Gasteiger partial charge in [0, 0.05) is 19.1 Å². The van der Waals surface area contributed by atoms with E-state index in [1.807, 2.05) is 24.3 Å². The Bertz CT molecular complexity index is 622. The number of hydrogen-bond acceptors (Lipinski definition) is 5. The molecule has 26 heavy (non-hydrogen) atoms. The van der Waals surface area contributed by atoms with Gasteiger partial charge >= 0.3 is 5.97 Å². The molecule has 3 rings (SSSR count). The summed E-state index contributed by atoms with van der Waals surface area (Å²) >= 11 is 0. The van der Waals surface area contributed by atoms with E-state index in [4.69, 9.17) is 14.6 Å². The number of anilines is 1. The van der Waals surface area contributed by atoms with Gasteiger partial charge in [-0.2, -0.15) is 0 Å². The molecule has 142 valence electrons. The van der Waals surface area contributed by atoms with Crippen molar-refractivity contribution >= 4 is 17.6 Å². The van der Waals surface area contributed by atoms with E-state index in [0.29, 0.717) is 44.9 Å². The molecule has 1 aliphatic heterocycles. The van der Waals surface area contributed by atoms with Crippen LogP contribution in [0.3, 0.4) is 0 Å². The number of hydrogen-bond donors (Lipinski definition) is 2. The average Bonchev–Trinajstić information content (AvgIpc) is 2.68. The smallest absolute Gasteiger partial charge is 0.306 e. The molecule has 2 N–H and O–H groups in total. The minimum Gasteiger partial charge on any atom is -0.482 e. The molecule has 2 fully saturated rings. The second-order valence-corrected chi connectivity index (χ2v) is 6.81. The standard InChI is InChI=1S/C19H26N2O5/c22-18(21-9-11-25-12-10-21)13-26-17-4-2-1-3-16(17)20-15-7-5-14(6-8-15)19(23)24/h1-4,14-15,20H,5-13H2,(H,23,24). The van der Waals surface area contributed by atoms with Gasteiger partial charge in [0.2, 0.25) is 0 Å². The highest BCUT2D eigenvalue weighted by Crippen LogP contribution is 2.30. The fraction of sp³-hybridized carbons (Fsp3) is 0.579. The summed E-state index contributed by atoms with van der Waals surface area (Å²) < 4.78 is 11.0. The van der Waals surface area contributed by atoms with Crippen molar-refractivity contribution in [3.8, 4) is 5.75 Å². The Morgan fingerprint density at radius 2 is 1.85 bits per heavy atom. The summed E-state index contributed by atoms with van der Waals surface area (Å²) in [6, 6.07) is 7.80. The van der Waals surface area contributed by atoms with Gasteiger partial charge in [0.1, 0.15) is 5.75 Å². The number of nitrogens with one attached hydrogen (secondary N) is 1. The SMILES string of the molecule is O=C(O)C1CCC(Nc2ccccc2OCC(=O)N2CCOCC2)CC1. The molecule has 0 spiro atoms. The number of morpholine rings is 1. The Morgan fingerprint density at radius 1 is 1.15 bits per heavy atom. The summed E-state index contributed by atoms with van der Waals surface area (Å²) in [5.41, 5.74) is 0.848. The van der Waals surface area contributed by atoms with Gasteiger partial charge in [0.25, 0.3) is 5.91 Å². The van der Waals surface area contributed by atoms with Crippen LogP contribution in [0.15, 0.2) is 24.3 Å². The van der Waals surface area contributed by atoms with Gasteiger partial charge in [-0.25, -0.2) is 0 Å². The molecule has 0 unspecified atom stereocenters. The maximum atomic E-state index is 12.2. The fourth-order valence-corrected chi connectivity index (χ4v) is 3.46. The van der Waals surface area contributed by atoms with E-state index in [1.54, 1.807) is 4.90 Å². The van der Waals surface area contributed by atoms with Crippen LogP contribution in [0.25, 0.3) is 0 Å².